The van der Waals surface area contributed by atoms with Crippen LogP contribution >= 0.6 is 0 Å². The minimum atomic E-state index is 0.388. The molecule has 2 aromatic rings. The molecular formula is C14H14O. The van der Waals surface area contributed by atoms with Crippen LogP contribution in [0.25, 0.3) is 11.1 Å². The van der Waals surface area contributed by atoms with Gasteiger partial charge in [-0.05, 0) is 29.2 Å². The molecule has 0 atom stereocenters. The van der Waals surface area contributed by atoms with E-state index in [-0.39, 0.29) is 0 Å². The summed E-state index contributed by atoms with van der Waals surface area (Å²) in [6, 6.07) is 15.9. The molecule has 0 bridgehead atoms. The zero-order chi connectivity index (χ0) is 10.7. The minimum absolute atomic E-state index is 0.388. The molecular weight excluding hydrogens is 184 g/mol. The van der Waals surface area contributed by atoms with E-state index in [2.05, 4.69) is 0 Å². The van der Waals surface area contributed by atoms with Crippen molar-refractivity contribution in [3.05, 3.63) is 54.1 Å². The fourth-order valence-corrected chi connectivity index (χ4v) is 1.67. The summed E-state index contributed by atoms with van der Waals surface area (Å²) >= 11 is 0. The lowest BCUT2D eigenvalue weighted by Crippen LogP contribution is -1.83. The van der Waals surface area contributed by atoms with E-state index in [1.165, 1.54) is 0 Å². The van der Waals surface area contributed by atoms with Gasteiger partial charge in [0.1, 0.15) is 5.75 Å². The number of aryl methyl sites for hydroxylation is 1. The molecule has 0 unspecified atom stereocenters. The van der Waals surface area contributed by atoms with Crippen molar-refractivity contribution in [1.82, 2.24) is 0 Å². The van der Waals surface area contributed by atoms with Crippen molar-refractivity contribution >= 4 is 0 Å². The van der Waals surface area contributed by atoms with Gasteiger partial charge in [0.15, 0.2) is 0 Å². The van der Waals surface area contributed by atoms with Crippen LogP contribution < -0.4 is 0 Å². The van der Waals surface area contributed by atoms with Crippen LogP contribution in [-0.2, 0) is 6.42 Å². The van der Waals surface area contributed by atoms with Crippen molar-refractivity contribution in [3.8, 4) is 16.9 Å². The number of benzene rings is 2. The number of phenolic OH excluding ortho intramolecular Hbond substituents is 1. The van der Waals surface area contributed by atoms with Gasteiger partial charge in [0.25, 0.3) is 0 Å². The molecule has 0 saturated heterocycles. The predicted molar refractivity (Wildman–Crippen MR) is 62.9 cm³/mol. The summed E-state index contributed by atoms with van der Waals surface area (Å²) in [5.41, 5.74) is 3.19. The van der Waals surface area contributed by atoms with Gasteiger partial charge in [0, 0.05) is 0 Å². The third-order valence-electron chi connectivity index (χ3n) is 2.57. The van der Waals surface area contributed by atoms with Crippen LogP contribution in [0.15, 0.2) is 48.5 Å². The van der Waals surface area contributed by atoms with E-state index < -0.39 is 0 Å². The minimum Gasteiger partial charge on any atom is -0.508 e. The van der Waals surface area contributed by atoms with Gasteiger partial charge < -0.3 is 5.11 Å². The molecule has 0 heterocycles. The van der Waals surface area contributed by atoms with Crippen LogP contribution in [0.2, 0.25) is 0 Å². The van der Waals surface area contributed by atoms with Gasteiger partial charge in [0.05, 0.1) is 0 Å². The monoisotopic (exact) mass is 198 g/mol. The maximum Gasteiger partial charge on any atom is 0.119 e. The maximum atomic E-state index is 9.75. The van der Waals surface area contributed by atoms with E-state index in [4.69, 9.17) is 0 Å². The van der Waals surface area contributed by atoms with Crippen molar-refractivity contribution in [2.75, 3.05) is 0 Å². The maximum absolute atomic E-state index is 9.75. The highest BCUT2D eigenvalue weighted by Gasteiger charge is 2.01. The average Bonchev–Trinajstić information content (AvgIpc) is 2.30. The van der Waals surface area contributed by atoms with Crippen LogP contribution in [0.5, 0.6) is 5.75 Å². The molecule has 1 N–H and O–H groups in total. The third-order valence-corrected chi connectivity index (χ3v) is 2.57. The van der Waals surface area contributed by atoms with Crippen LogP contribution in [0.1, 0.15) is 12.5 Å². The van der Waals surface area contributed by atoms with Crippen LogP contribution in [-0.4, -0.2) is 5.11 Å². The Balaban J connectivity index is 2.43. The van der Waals surface area contributed by atoms with Crippen molar-refractivity contribution in [2.24, 2.45) is 0 Å². The molecule has 1 nitrogen and oxygen atoms in total. The topological polar surface area (TPSA) is 20.2 Å². The molecule has 0 aliphatic rings. The average molecular weight is 198 g/mol. The smallest absolute Gasteiger partial charge is 0.119 e. The molecule has 2 aromatic carbocycles. The second-order valence-corrected chi connectivity index (χ2v) is 3.56. The lowest BCUT2D eigenvalue weighted by Gasteiger charge is -2.05. The quantitative estimate of drug-likeness (QED) is 0.781. The van der Waals surface area contributed by atoms with Crippen LogP contribution in [0.3, 0.4) is 0 Å². The van der Waals surface area contributed by atoms with E-state index in [9.17, 15) is 5.11 Å². The Bertz CT molecular complexity index is 446. The summed E-state index contributed by atoms with van der Waals surface area (Å²) in [5, 5.41) is 9.75. The molecule has 0 amide bonds. The Labute approximate surface area is 90.0 Å². The number of hydrogen-bond donors (Lipinski definition) is 1. The van der Waals surface area contributed by atoms with E-state index >= 15 is 0 Å². The Hall–Kier alpha value is -1.76. The summed E-state index contributed by atoms with van der Waals surface area (Å²) in [6.45, 7) is 2.04. The van der Waals surface area contributed by atoms with E-state index in [0.29, 0.717) is 5.75 Å². The van der Waals surface area contributed by atoms with Crippen LogP contribution in [0, 0.1) is 0 Å². The Morgan fingerprint density at radius 1 is 0.933 bits per heavy atom. The highest BCUT2D eigenvalue weighted by molar-refractivity contribution is 5.65. The highest BCUT2D eigenvalue weighted by Crippen LogP contribution is 2.26. The molecule has 0 saturated carbocycles. The third kappa shape index (κ3) is 2.01. The van der Waals surface area contributed by atoms with Crippen molar-refractivity contribution in [3.63, 3.8) is 0 Å². The van der Waals surface area contributed by atoms with Crippen molar-refractivity contribution < 1.29 is 5.11 Å². The Kier molecular flexibility index (Phi) is 2.72. The second-order valence-electron chi connectivity index (χ2n) is 3.56. The zero-order valence-electron chi connectivity index (χ0n) is 8.77. The molecule has 0 aliphatic carbocycles. The molecule has 0 radical (unpaired) electrons. The molecule has 0 aromatic heterocycles. The summed E-state index contributed by atoms with van der Waals surface area (Å²) in [5.74, 6) is 0.388. The van der Waals surface area contributed by atoms with Gasteiger partial charge in [-0.15, -0.1) is 0 Å². The van der Waals surface area contributed by atoms with E-state index in [1.54, 1.807) is 0 Å². The summed E-state index contributed by atoms with van der Waals surface area (Å²) in [6.07, 6.45) is 0.862. The summed E-state index contributed by atoms with van der Waals surface area (Å²) in [7, 11) is 0. The predicted octanol–water partition coefficient (Wildman–Crippen LogP) is 3.62. The van der Waals surface area contributed by atoms with Gasteiger partial charge in [-0.1, -0.05) is 49.4 Å². The number of aromatic hydroxyl groups is 1. The van der Waals surface area contributed by atoms with Gasteiger partial charge in [-0.3, -0.25) is 0 Å². The number of rotatable bonds is 2. The second kappa shape index (κ2) is 4.18. The molecule has 76 valence electrons. The van der Waals surface area contributed by atoms with Gasteiger partial charge in [-0.2, -0.15) is 0 Å². The first-order valence-electron chi connectivity index (χ1n) is 5.18. The lowest BCUT2D eigenvalue weighted by molar-refractivity contribution is 0.469. The molecule has 0 aliphatic heterocycles. The number of phenols is 1. The SMILES string of the molecule is CCc1ccc(-c2ccccc2)cc1O. The number of hydrogen-bond acceptors (Lipinski definition) is 1. The zero-order valence-corrected chi connectivity index (χ0v) is 8.77. The first kappa shape index (κ1) is 9.78. The molecule has 2 rings (SSSR count). The molecule has 15 heavy (non-hydrogen) atoms. The van der Waals surface area contributed by atoms with Gasteiger partial charge in [-0.25, -0.2) is 0 Å². The van der Waals surface area contributed by atoms with Crippen LogP contribution in [0.4, 0.5) is 0 Å². The van der Waals surface area contributed by atoms with Crippen molar-refractivity contribution in [1.29, 1.82) is 0 Å². The first-order chi connectivity index (χ1) is 7.31. The molecule has 1 heteroatoms. The van der Waals surface area contributed by atoms with Gasteiger partial charge >= 0.3 is 0 Å². The fraction of sp³-hybridized carbons (Fsp3) is 0.143. The fourth-order valence-electron chi connectivity index (χ4n) is 1.67. The van der Waals surface area contributed by atoms with E-state index in [1.807, 2.05) is 55.5 Å². The lowest BCUT2D eigenvalue weighted by atomic mass is 10.0. The largest absolute Gasteiger partial charge is 0.508 e. The van der Waals surface area contributed by atoms with Gasteiger partial charge in [0.2, 0.25) is 0 Å². The Morgan fingerprint density at radius 2 is 1.67 bits per heavy atom. The summed E-state index contributed by atoms with van der Waals surface area (Å²) < 4.78 is 0. The molecule has 0 spiro atoms. The Morgan fingerprint density at radius 3 is 2.27 bits per heavy atom. The van der Waals surface area contributed by atoms with Crippen molar-refractivity contribution in [2.45, 2.75) is 13.3 Å². The summed E-state index contributed by atoms with van der Waals surface area (Å²) in [4.78, 5) is 0. The first-order valence-corrected chi connectivity index (χ1v) is 5.18. The normalized spacial score (nSPS) is 10.2. The standard InChI is InChI=1S/C14H14O/c1-2-11-8-9-13(10-14(11)15)12-6-4-3-5-7-12/h3-10,15H,2H2,1H3. The van der Waals surface area contributed by atoms with E-state index in [0.717, 1.165) is 23.1 Å². The molecule has 0 fully saturated rings. The highest BCUT2D eigenvalue weighted by atomic mass is 16.3.